The number of aliphatic hydroxyl groups is 6. The first-order chi connectivity index (χ1) is 5.46. The molecule has 1 saturated carbocycles. The van der Waals surface area contributed by atoms with Crippen LogP contribution < -0.4 is 0 Å². The van der Waals surface area contributed by atoms with Crippen LogP contribution in [-0.2, 0) is 0 Å². The zero-order valence-corrected chi connectivity index (χ0v) is 6.15. The third-order valence-electron chi connectivity index (χ3n) is 2.10. The topological polar surface area (TPSA) is 121 Å². The minimum Gasteiger partial charge on any atom is -0.387 e. The Bertz CT molecular complexity index is 109. The van der Waals surface area contributed by atoms with Gasteiger partial charge in [-0.2, -0.15) is 0 Å². The molecule has 0 atom stereocenters. The largest absolute Gasteiger partial charge is 1.00 e. The Morgan fingerprint density at radius 1 is 0.417 bits per heavy atom. The van der Waals surface area contributed by atoms with Gasteiger partial charge in [0.2, 0.25) is 0 Å². The van der Waals surface area contributed by atoms with E-state index in [1.807, 2.05) is 0 Å². The van der Waals surface area contributed by atoms with Crippen molar-refractivity contribution >= 4 is 0 Å². The third kappa shape index (κ3) is 1.33. The van der Waals surface area contributed by atoms with E-state index in [0.717, 1.165) is 0 Å². The first-order valence-corrected chi connectivity index (χ1v) is 3.55. The van der Waals surface area contributed by atoms with Gasteiger partial charge in [-0.25, -0.2) is 0 Å². The maximum absolute atomic E-state index is 8.97. The Morgan fingerprint density at radius 2 is 0.500 bits per heavy atom. The standard InChI is InChI=1S/C6H12O6/c7-1-2(8)4(10)6(12)5(11)3(1)9/h1-12H/p+1. The van der Waals surface area contributed by atoms with Crippen molar-refractivity contribution in [3.05, 3.63) is 0 Å². The minimum absolute atomic E-state index is 0. The van der Waals surface area contributed by atoms with E-state index in [-0.39, 0.29) is 1.43 Å². The SMILES string of the molecule is OC1C(O)C(O)C(O)C(O)C1O.[H+]. The van der Waals surface area contributed by atoms with Crippen molar-refractivity contribution in [1.29, 1.82) is 0 Å². The van der Waals surface area contributed by atoms with Gasteiger partial charge in [-0.3, -0.25) is 0 Å². The number of hydrogen-bond donors (Lipinski definition) is 6. The molecule has 0 bridgehead atoms. The zero-order valence-electron chi connectivity index (χ0n) is 7.15. The highest BCUT2D eigenvalue weighted by Crippen LogP contribution is 2.20. The van der Waals surface area contributed by atoms with Gasteiger partial charge in [-0.1, -0.05) is 0 Å². The van der Waals surface area contributed by atoms with Gasteiger partial charge in [-0.05, 0) is 0 Å². The van der Waals surface area contributed by atoms with Crippen molar-refractivity contribution in [3.63, 3.8) is 0 Å². The van der Waals surface area contributed by atoms with Crippen molar-refractivity contribution in [2.24, 2.45) is 0 Å². The summed E-state index contributed by atoms with van der Waals surface area (Å²) in [6, 6.07) is 0. The van der Waals surface area contributed by atoms with Crippen LogP contribution >= 0.6 is 0 Å². The Labute approximate surface area is 69.8 Å². The maximum atomic E-state index is 8.97. The number of hydrogen-bond acceptors (Lipinski definition) is 6. The molecule has 0 spiro atoms. The summed E-state index contributed by atoms with van der Waals surface area (Å²) < 4.78 is 0. The van der Waals surface area contributed by atoms with Gasteiger partial charge in [0.15, 0.2) is 0 Å². The molecule has 1 aliphatic rings. The zero-order chi connectivity index (χ0) is 9.46. The molecule has 0 aromatic heterocycles. The fourth-order valence-electron chi connectivity index (χ4n) is 1.21. The summed E-state index contributed by atoms with van der Waals surface area (Å²) in [4.78, 5) is 0. The summed E-state index contributed by atoms with van der Waals surface area (Å²) in [7, 11) is 0. The molecule has 6 N–H and O–H groups in total. The van der Waals surface area contributed by atoms with Gasteiger partial charge in [0, 0.05) is 0 Å². The van der Waals surface area contributed by atoms with Crippen LogP contribution in [-0.4, -0.2) is 67.3 Å². The molecule has 1 aliphatic carbocycles. The van der Waals surface area contributed by atoms with Crippen LogP contribution in [0.25, 0.3) is 0 Å². The van der Waals surface area contributed by atoms with Crippen LogP contribution in [0.2, 0.25) is 0 Å². The van der Waals surface area contributed by atoms with E-state index in [4.69, 9.17) is 30.6 Å². The van der Waals surface area contributed by atoms with Gasteiger partial charge >= 0.3 is 1.43 Å². The second-order valence-electron chi connectivity index (χ2n) is 2.94. The quantitative estimate of drug-likeness (QED) is 0.228. The molecule has 1 fully saturated rings. The van der Waals surface area contributed by atoms with Crippen LogP contribution in [0.15, 0.2) is 0 Å². The summed E-state index contributed by atoms with van der Waals surface area (Å²) in [5.74, 6) is 0. The van der Waals surface area contributed by atoms with Crippen LogP contribution in [0, 0.1) is 0 Å². The third-order valence-corrected chi connectivity index (χ3v) is 2.10. The highest BCUT2D eigenvalue weighted by Gasteiger charge is 2.47. The lowest BCUT2D eigenvalue weighted by Crippen LogP contribution is -2.63. The fourth-order valence-corrected chi connectivity index (χ4v) is 1.21. The second kappa shape index (κ2) is 3.25. The lowest BCUT2D eigenvalue weighted by Gasteiger charge is -2.39. The first-order valence-electron chi connectivity index (χ1n) is 3.55. The molecular weight excluding hydrogens is 168 g/mol. The molecule has 0 aromatic carbocycles. The van der Waals surface area contributed by atoms with Crippen molar-refractivity contribution < 1.29 is 32.1 Å². The molecule has 6 nitrogen and oxygen atoms in total. The van der Waals surface area contributed by atoms with Gasteiger partial charge in [0.05, 0.1) is 0 Å². The molecule has 0 aromatic rings. The lowest BCUT2D eigenvalue weighted by molar-refractivity contribution is -0.223. The average molecular weight is 181 g/mol. The summed E-state index contributed by atoms with van der Waals surface area (Å²) in [6.45, 7) is 0. The van der Waals surface area contributed by atoms with Crippen molar-refractivity contribution in [2.45, 2.75) is 36.6 Å². The number of rotatable bonds is 0. The summed E-state index contributed by atoms with van der Waals surface area (Å²) >= 11 is 0. The van der Waals surface area contributed by atoms with Crippen LogP contribution in [0.3, 0.4) is 0 Å². The molecule has 0 aliphatic heterocycles. The fraction of sp³-hybridized carbons (Fsp3) is 1.00. The monoisotopic (exact) mass is 181 g/mol. The predicted molar refractivity (Wildman–Crippen MR) is 37.2 cm³/mol. The molecule has 0 radical (unpaired) electrons. The molecule has 0 amide bonds. The molecule has 6 heteroatoms. The first kappa shape index (κ1) is 9.85. The van der Waals surface area contributed by atoms with E-state index in [9.17, 15) is 0 Å². The Hall–Kier alpha value is -0.240. The molecular formula is C6H13O6+. The Kier molecular flexibility index (Phi) is 2.67. The van der Waals surface area contributed by atoms with Gasteiger partial charge in [0.1, 0.15) is 36.6 Å². The van der Waals surface area contributed by atoms with Crippen LogP contribution in [0.5, 0.6) is 0 Å². The lowest BCUT2D eigenvalue weighted by atomic mass is 9.85. The van der Waals surface area contributed by atoms with Crippen molar-refractivity contribution in [3.8, 4) is 0 Å². The average Bonchev–Trinajstić information content (AvgIpc) is 2.08. The molecule has 0 unspecified atom stereocenters. The molecule has 0 heterocycles. The summed E-state index contributed by atoms with van der Waals surface area (Å²) in [5, 5.41) is 53.8. The highest BCUT2D eigenvalue weighted by atomic mass is 16.4. The number of aliphatic hydroxyl groups excluding tert-OH is 6. The predicted octanol–water partition coefficient (Wildman–Crippen LogP) is -3.72. The van der Waals surface area contributed by atoms with E-state index in [2.05, 4.69) is 0 Å². The Morgan fingerprint density at radius 3 is 0.583 bits per heavy atom. The Balaban J connectivity index is 0.00000144. The normalized spacial score (nSPS) is 55.5. The van der Waals surface area contributed by atoms with Crippen LogP contribution in [0.4, 0.5) is 0 Å². The van der Waals surface area contributed by atoms with Crippen molar-refractivity contribution in [2.75, 3.05) is 0 Å². The van der Waals surface area contributed by atoms with E-state index in [1.54, 1.807) is 0 Å². The molecule has 1 rings (SSSR count). The smallest absolute Gasteiger partial charge is 0.387 e. The summed E-state index contributed by atoms with van der Waals surface area (Å²) in [5.41, 5.74) is 0. The van der Waals surface area contributed by atoms with Crippen LogP contribution in [0.1, 0.15) is 1.43 Å². The molecule has 72 valence electrons. The summed E-state index contributed by atoms with van der Waals surface area (Å²) in [6.07, 6.45) is -9.84. The van der Waals surface area contributed by atoms with E-state index < -0.39 is 36.6 Å². The van der Waals surface area contributed by atoms with Gasteiger partial charge < -0.3 is 30.6 Å². The van der Waals surface area contributed by atoms with Gasteiger partial charge in [-0.15, -0.1) is 0 Å². The van der Waals surface area contributed by atoms with E-state index in [0.29, 0.717) is 0 Å². The highest BCUT2D eigenvalue weighted by molar-refractivity contribution is 4.98. The van der Waals surface area contributed by atoms with Crippen molar-refractivity contribution in [1.82, 2.24) is 0 Å². The minimum atomic E-state index is -1.64. The molecule has 12 heavy (non-hydrogen) atoms. The molecule has 0 saturated heterocycles. The maximum Gasteiger partial charge on any atom is 1.00 e. The van der Waals surface area contributed by atoms with Gasteiger partial charge in [0.25, 0.3) is 0 Å². The van der Waals surface area contributed by atoms with E-state index >= 15 is 0 Å². The van der Waals surface area contributed by atoms with E-state index in [1.165, 1.54) is 0 Å². The second-order valence-corrected chi connectivity index (χ2v) is 2.94.